The molecule has 0 saturated heterocycles. The Morgan fingerprint density at radius 3 is 2.45 bits per heavy atom. The van der Waals surface area contributed by atoms with Crippen LogP contribution in [0.5, 0.6) is 0 Å². The summed E-state index contributed by atoms with van der Waals surface area (Å²) in [5, 5.41) is 15.6. The van der Waals surface area contributed by atoms with E-state index in [4.69, 9.17) is 5.10 Å². The summed E-state index contributed by atoms with van der Waals surface area (Å²) in [5.74, 6) is -0.316. The van der Waals surface area contributed by atoms with Crippen LogP contribution in [-0.2, 0) is 11.2 Å². The molecule has 8 heteroatoms. The van der Waals surface area contributed by atoms with Gasteiger partial charge in [0.25, 0.3) is 5.69 Å². The molecule has 0 aliphatic rings. The zero-order valence-corrected chi connectivity index (χ0v) is 17.6. The number of benzene rings is 3. The topological polar surface area (TPSA) is 102 Å². The lowest BCUT2D eigenvalue weighted by atomic mass is 10.1. The maximum atomic E-state index is 12.2. The molecule has 0 aliphatic carbocycles. The van der Waals surface area contributed by atoms with Crippen molar-refractivity contribution in [3.8, 4) is 16.9 Å². The third kappa shape index (κ3) is 5.50. The second kappa shape index (κ2) is 10.1. The van der Waals surface area contributed by atoms with E-state index in [-0.39, 0.29) is 18.0 Å². The smallest absolute Gasteiger partial charge is 0.269 e. The van der Waals surface area contributed by atoms with Gasteiger partial charge < -0.3 is 5.43 Å². The highest BCUT2D eigenvalue weighted by atomic mass is 16.6. The summed E-state index contributed by atoms with van der Waals surface area (Å²) in [6, 6.07) is 25.7. The number of aromatic nitrogens is 2. The summed E-state index contributed by atoms with van der Waals surface area (Å²) < 4.78 is 1.81. The normalized spacial score (nSPS) is 10.8. The van der Waals surface area contributed by atoms with Gasteiger partial charge in [0, 0.05) is 35.7 Å². The molecule has 0 fully saturated rings. The average Bonchev–Trinajstić information content (AvgIpc) is 3.27. The fourth-order valence-corrected chi connectivity index (χ4v) is 3.31. The summed E-state index contributed by atoms with van der Waals surface area (Å²) in [5.41, 5.74) is 9.44. The monoisotopic (exact) mass is 439 g/mol. The van der Waals surface area contributed by atoms with Gasteiger partial charge >= 0.3 is 0 Å². The zero-order valence-electron chi connectivity index (χ0n) is 17.6. The van der Waals surface area contributed by atoms with Crippen LogP contribution in [0.1, 0.15) is 11.1 Å². The highest BCUT2D eigenvalue weighted by molar-refractivity contribution is 5.78. The predicted molar refractivity (Wildman–Crippen MR) is 126 cm³/mol. The number of nitro benzene ring substituents is 1. The molecule has 1 aromatic heterocycles. The molecule has 33 heavy (non-hydrogen) atoms. The third-order valence-corrected chi connectivity index (χ3v) is 4.85. The van der Waals surface area contributed by atoms with Gasteiger partial charge in [0.2, 0.25) is 5.91 Å². The SMILES string of the molecule is O=C(Cc1cccc([N+](=O)[O-])c1)NN/C=C/c1cn(-c2ccccc2)nc1-c1ccccc1. The van der Waals surface area contributed by atoms with Crippen molar-refractivity contribution < 1.29 is 9.72 Å². The Morgan fingerprint density at radius 1 is 1.00 bits per heavy atom. The second-order valence-electron chi connectivity index (χ2n) is 7.21. The van der Waals surface area contributed by atoms with Gasteiger partial charge in [-0.3, -0.25) is 20.3 Å². The van der Waals surface area contributed by atoms with E-state index >= 15 is 0 Å². The molecule has 1 amide bonds. The van der Waals surface area contributed by atoms with Crippen LogP contribution in [0.2, 0.25) is 0 Å². The van der Waals surface area contributed by atoms with E-state index < -0.39 is 4.92 Å². The van der Waals surface area contributed by atoms with Crippen molar-refractivity contribution in [2.24, 2.45) is 0 Å². The Morgan fingerprint density at radius 2 is 1.73 bits per heavy atom. The van der Waals surface area contributed by atoms with Crippen LogP contribution < -0.4 is 10.9 Å². The van der Waals surface area contributed by atoms with Crippen LogP contribution in [-0.4, -0.2) is 20.6 Å². The van der Waals surface area contributed by atoms with E-state index in [0.29, 0.717) is 5.56 Å². The maximum Gasteiger partial charge on any atom is 0.269 e. The fourth-order valence-electron chi connectivity index (χ4n) is 3.31. The first-order chi connectivity index (χ1) is 16.1. The van der Waals surface area contributed by atoms with Crippen LogP contribution in [0.3, 0.4) is 0 Å². The Labute approximate surface area is 190 Å². The number of carbonyl (C=O) groups excluding carboxylic acids is 1. The molecule has 4 rings (SSSR count). The van der Waals surface area contributed by atoms with E-state index in [2.05, 4.69) is 10.9 Å². The van der Waals surface area contributed by atoms with E-state index in [1.807, 2.05) is 77.6 Å². The van der Waals surface area contributed by atoms with Gasteiger partial charge in [0.05, 0.1) is 22.7 Å². The first-order valence-corrected chi connectivity index (χ1v) is 10.2. The number of amides is 1. The fraction of sp³-hybridized carbons (Fsp3) is 0.0400. The largest absolute Gasteiger partial charge is 0.306 e. The molecule has 0 saturated carbocycles. The molecule has 0 aliphatic heterocycles. The molecule has 0 unspecified atom stereocenters. The molecule has 1 heterocycles. The molecule has 164 valence electrons. The molecule has 3 aromatic carbocycles. The lowest BCUT2D eigenvalue weighted by molar-refractivity contribution is -0.384. The zero-order chi connectivity index (χ0) is 23.0. The van der Waals surface area contributed by atoms with E-state index in [1.54, 1.807) is 18.3 Å². The molecule has 4 aromatic rings. The maximum absolute atomic E-state index is 12.2. The first-order valence-electron chi connectivity index (χ1n) is 10.2. The van der Waals surface area contributed by atoms with Gasteiger partial charge in [-0.2, -0.15) is 5.10 Å². The van der Waals surface area contributed by atoms with Gasteiger partial charge in [-0.05, 0) is 23.8 Å². The van der Waals surface area contributed by atoms with E-state index in [9.17, 15) is 14.9 Å². The summed E-state index contributed by atoms with van der Waals surface area (Å²) in [6.45, 7) is 0. The highest BCUT2D eigenvalue weighted by Crippen LogP contribution is 2.24. The minimum absolute atomic E-state index is 0.0176. The van der Waals surface area contributed by atoms with Crippen LogP contribution in [0.15, 0.2) is 97.3 Å². The highest BCUT2D eigenvalue weighted by Gasteiger charge is 2.11. The molecule has 0 spiro atoms. The van der Waals surface area contributed by atoms with Crippen LogP contribution >= 0.6 is 0 Å². The number of carbonyl (C=O) groups is 1. The summed E-state index contributed by atoms with van der Waals surface area (Å²) in [7, 11) is 0. The van der Waals surface area contributed by atoms with Crippen molar-refractivity contribution in [3.05, 3.63) is 119 Å². The molecule has 0 atom stereocenters. The quantitative estimate of drug-likeness (QED) is 0.315. The van der Waals surface area contributed by atoms with Crippen LogP contribution in [0.4, 0.5) is 5.69 Å². The van der Waals surface area contributed by atoms with Crippen LogP contribution in [0.25, 0.3) is 23.0 Å². The number of hydrogen-bond donors (Lipinski definition) is 2. The lowest BCUT2D eigenvalue weighted by Crippen LogP contribution is -2.34. The van der Waals surface area contributed by atoms with Crippen molar-refractivity contribution in [1.29, 1.82) is 0 Å². The number of hydrazine groups is 1. The van der Waals surface area contributed by atoms with Crippen molar-refractivity contribution in [2.75, 3.05) is 0 Å². The van der Waals surface area contributed by atoms with E-state index in [0.717, 1.165) is 22.5 Å². The lowest BCUT2D eigenvalue weighted by Gasteiger charge is -2.04. The van der Waals surface area contributed by atoms with Gasteiger partial charge in [0.15, 0.2) is 0 Å². The Bertz CT molecular complexity index is 1280. The minimum atomic E-state index is -0.484. The van der Waals surface area contributed by atoms with Gasteiger partial charge in [-0.15, -0.1) is 0 Å². The average molecular weight is 439 g/mol. The minimum Gasteiger partial charge on any atom is -0.306 e. The number of non-ortho nitro benzene ring substituents is 1. The molecular weight excluding hydrogens is 418 g/mol. The molecule has 8 nitrogen and oxygen atoms in total. The number of nitrogens with zero attached hydrogens (tertiary/aromatic N) is 3. The van der Waals surface area contributed by atoms with Crippen molar-refractivity contribution >= 4 is 17.7 Å². The van der Waals surface area contributed by atoms with Crippen LogP contribution in [0, 0.1) is 10.1 Å². The van der Waals surface area contributed by atoms with Gasteiger partial charge in [-0.1, -0.05) is 60.7 Å². The second-order valence-corrected chi connectivity index (χ2v) is 7.21. The Kier molecular flexibility index (Phi) is 6.56. The van der Waals surface area contributed by atoms with E-state index in [1.165, 1.54) is 12.1 Å². The summed E-state index contributed by atoms with van der Waals surface area (Å²) in [6.07, 6.45) is 5.37. The Balaban J connectivity index is 1.45. The number of hydrogen-bond acceptors (Lipinski definition) is 5. The number of para-hydroxylation sites is 1. The molecular formula is C25H21N5O3. The molecule has 0 bridgehead atoms. The number of nitrogens with one attached hydrogen (secondary N) is 2. The number of nitro groups is 1. The van der Waals surface area contributed by atoms with Gasteiger partial charge in [0.1, 0.15) is 0 Å². The standard InChI is InChI=1S/C25H21N5O3/c31-24(17-19-8-7-13-23(16-19)30(32)33)27-26-15-14-21-18-29(22-11-5-2-6-12-22)28-25(21)20-9-3-1-4-10-20/h1-16,18,26H,17H2,(H,27,31)/b15-14+. The van der Waals surface area contributed by atoms with Crippen molar-refractivity contribution in [3.63, 3.8) is 0 Å². The van der Waals surface area contributed by atoms with Crippen molar-refractivity contribution in [1.82, 2.24) is 20.6 Å². The van der Waals surface area contributed by atoms with Crippen molar-refractivity contribution in [2.45, 2.75) is 6.42 Å². The first kappa shape index (κ1) is 21.5. The Hall–Kier alpha value is -4.72. The molecule has 2 N–H and O–H groups in total. The molecule has 0 radical (unpaired) electrons. The third-order valence-electron chi connectivity index (χ3n) is 4.85. The number of rotatable bonds is 8. The predicted octanol–water partition coefficient (Wildman–Crippen LogP) is 4.28. The van der Waals surface area contributed by atoms with Gasteiger partial charge in [-0.25, -0.2) is 4.68 Å². The summed E-state index contributed by atoms with van der Waals surface area (Å²) >= 11 is 0. The summed E-state index contributed by atoms with van der Waals surface area (Å²) in [4.78, 5) is 22.6.